The number of allylic oxidation sites excluding steroid dienone is 2. The second kappa shape index (κ2) is 15.7. The Morgan fingerprint density at radius 1 is 0.647 bits per heavy atom. The SMILES string of the molecule is [CH2]CCCCCC=CCCCCCCCCC. The topological polar surface area (TPSA) is 0 Å². The van der Waals surface area contributed by atoms with Crippen LogP contribution in [0, 0.1) is 6.92 Å². The molecule has 0 N–H and O–H groups in total. The zero-order chi connectivity index (χ0) is 12.6. The maximum absolute atomic E-state index is 3.86. The monoisotopic (exact) mass is 237 g/mol. The van der Waals surface area contributed by atoms with E-state index in [2.05, 4.69) is 26.0 Å². The number of hydrogen-bond donors (Lipinski definition) is 0. The summed E-state index contributed by atoms with van der Waals surface area (Å²) in [6.45, 7) is 6.14. The molecule has 0 heteroatoms. The molecule has 0 spiro atoms. The Balaban J connectivity index is 2.99. The summed E-state index contributed by atoms with van der Waals surface area (Å²) in [5, 5.41) is 0. The second-order valence-electron chi connectivity index (χ2n) is 5.08. The van der Waals surface area contributed by atoms with Crippen LogP contribution in [0.4, 0.5) is 0 Å². The van der Waals surface area contributed by atoms with E-state index in [4.69, 9.17) is 0 Å². The van der Waals surface area contributed by atoms with Gasteiger partial charge in [-0.15, -0.1) is 0 Å². The van der Waals surface area contributed by atoms with E-state index in [0.29, 0.717) is 0 Å². The maximum atomic E-state index is 3.86. The molecule has 101 valence electrons. The minimum absolute atomic E-state index is 1.10. The first kappa shape index (κ1) is 16.7. The first-order chi connectivity index (χ1) is 8.41. The minimum atomic E-state index is 1.10. The highest BCUT2D eigenvalue weighted by molar-refractivity contribution is 4.81. The zero-order valence-electron chi connectivity index (χ0n) is 12.1. The number of rotatable bonds is 13. The average Bonchev–Trinajstić information content (AvgIpc) is 2.35. The van der Waals surface area contributed by atoms with Crippen molar-refractivity contribution >= 4 is 0 Å². The Morgan fingerprint density at radius 2 is 1.12 bits per heavy atom. The largest absolute Gasteiger partial charge is 0.0885 e. The van der Waals surface area contributed by atoms with Gasteiger partial charge in [-0.2, -0.15) is 0 Å². The first-order valence-electron chi connectivity index (χ1n) is 7.86. The summed E-state index contributed by atoms with van der Waals surface area (Å²) in [4.78, 5) is 0. The Labute approximate surface area is 110 Å². The van der Waals surface area contributed by atoms with Crippen molar-refractivity contribution in [2.45, 2.75) is 90.4 Å². The van der Waals surface area contributed by atoms with Gasteiger partial charge in [0.05, 0.1) is 0 Å². The number of hydrogen-bond acceptors (Lipinski definition) is 0. The fourth-order valence-corrected chi connectivity index (χ4v) is 2.07. The van der Waals surface area contributed by atoms with Crippen LogP contribution < -0.4 is 0 Å². The molecular formula is C17H33. The fraction of sp³-hybridized carbons (Fsp3) is 0.824. The van der Waals surface area contributed by atoms with E-state index >= 15 is 0 Å². The molecular weight excluding hydrogens is 204 g/mol. The van der Waals surface area contributed by atoms with Gasteiger partial charge < -0.3 is 0 Å². The van der Waals surface area contributed by atoms with Crippen LogP contribution in [0.2, 0.25) is 0 Å². The molecule has 0 aromatic carbocycles. The lowest BCUT2D eigenvalue weighted by Gasteiger charge is -1.99. The van der Waals surface area contributed by atoms with Gasteiger partial charge >= 0.3 is 0 Å². The Hall–Kier alpha value is -0.260. The van der Waals surface area contributed by atoms with Gasteiger partial charge in [-0.1, -0.05) is 83.8 Å². The molecule has 0 heterocycles. The molecule has 0 amide bonds. The minimum Gasteiger partial charge on any atom is -0.0885 e. The molecule has 0 bridgehead atoms. The third kappa shape index (κ3) is 15.7. The Bertz CT molecular complexity index is 146. The van der Waals surface area contributed by atoms with Crippen LogP contribution in [0.15, 0.2) is 12.2 Å². The summed E-state index contributed by atoms with van der Waals surface area (Å²) >= 11 is 0. The summed E-state index contributed by atoms with van der Waals surface area (Å²) in [6.07, 6.45) is 22.4. The molecule has 0 fully saturated rings. The summed E-state index contributed by atoms with van der Waals surface area (Å²) in [5.41, 5.74) is 0. The normalized spacial score (nSPS) is 11.4. The van der Waals surface area contributed by atoms with Gasteiger partial charge in [0.15, 0.2) is 0 Å². The fourth-order valence-electron chi connectivity index (χ4n) is 2.07. The maximum Gasteiger partial charge on any atom is -0.0351 e. The molecule has 0 rings (SSSR count). The van der Waals surface area contributed by atoms with Gasteiger partial charge in [-0.05, 0) is 25.7 Å². The van der Waals surface area contributed by atoms with Gasteiger partial charge in [0.25, 0.3) is 0 Å². The van der Waals surface area contributed by atoms with Gasteiger partial charge in [-0.25, -0.2) is 0 Å². The van der Waals surface area contributed by atoms with Crippen LogP contribution in [-0.4, -0.2) is 0 Å². The van der Waals surface area contributed by atoms with Crippen molar-refractivity contribution in [1.82, 2.24) is 0 Å². The molecule has 1 radical (unpaired) electrons. The molecule has 0 aliphatic carbocycles. The van der Waals surface area contributed by atoms with E-state index in [1.54, 1.807) is 0 Å². The molecule has 0 saturated heterocycles. The lowest BCUT2D eigenvalue weighted by molar-refractivity contribution is 0.592. The van der Waals surface area contributed by atoms with E-state index in [1.165, 1.54) is 77.0 Å². The molecule has 0 unspecified atom stereocenters. The Kier molecular flexibility index (Phi) is 15.5. The van der Waals surface area contributed by atoms with Gasteiger partial charge in [0.2, 0.25) is 0 Å². The van der Waals surface area contributed by atoms with Crippen molar-refractivity contribution in [3.05, 3.63) is 19.1 Å². The molecule has 0 nitrogen and oxygen atoms in total. The highest BCUT2D eigenvalue weighted by atomic mass is 14.0. The standard InChI is InChI=1S/C17H33/c1-3-5-7-9-11-13-15-17-16-14-12-10-8-6-4-2/h13,15H,1,3-12,14,16-17H2,2H3. The van der Waals surface area contributed by atoms with E-state index in [-0.39, 0.29) is 0 Å². The Morgan fingerprint density at radius 3 is 1.65 bits per heavy atom. The summed E-state index contributed by atoms with van der Waals surface area (Å²) in [7, 11) is 0. The van der Waals surface area contributed by atoms with E-state index in [9.17, 15) is 0 Å². The van der Waals surface area contributed by atoms with E-state index in [1.807, 2.05) is 0 Å². The van der Waals surface area contributed by atoms with E-state index in [0.717, 1.165) is 6.42 Å². The molecule has 17 heavy (non-hydrogen) atoms. The van der Waals surface area contributed by atoms with Crippen LogP contribution in [0.5, 0.6) is 0 Å². The third-order valence-corrected chi connectivity index (χ3v) is 3.26. The highest BCUT2D eigenvalue weighted by Gasteiger charge is 1.89. The summed E-state index contributed by atoms with van der Waals surface area (Å²) in [6, 6.07) is 0. The van der Waals surface area contributed by atoms with Crippen molar-refractivity contribution in [3.63, 3.8) is 0 Å². The summed E-state index contributed by atoms with van der Waals surface area (Å²) < 4.78 is 0. The van der Waals surface area contributed by atoms with Crippen LogP contribution in [0.1, 0.15) is 90.4 Å². The van der Waals surface area contributed by atoms with Crippen molar-refractivity contribution in [3.8, 4) is 0 Å². The van der Waals surface area contributed by atoms with Crippen LogP contribution in [-0.2, 0) is 0 Å². The van der Waals surface area contributed by atoms with Gasteiger partial charge in [0.1, 0.15) is 0 Å². The van der Waals surface area contributed by atoms with Crippen molar-refractivity contribution < 1.29 is 0 Å². The predicted molar refractivity (Wildman–Crippen MR) is 80.2 cm³/mol. The lowest BCUT2D eigenvalue weighted by Crippen LogP contribution is -1.79. The lowest BCUT2D eigenvalue weighted by atomic mass is 10.1. The molecule has 0 aromatic heterocycles. The van der Waals surface area contributed by atoms with E-state index < -0.39 is 0 Å². The molecule has 0 atom stereocenters. The molecule has 0 aromatic rings. The third-order valence-electron chi connectivity index (χ3n) is 3.26. The van der Waals surface area contributed by atoms with Crippen LogP contribution in [0.25, 0.3) is 0 Å². The van der Waals surface area contributed by atoms with Crippen molar-refractivity contribution in [2.75, 3.05) is 0 Å². The van der Waals surface area contributed by atoms with Crippen LogP contribution >= 0.6 is 0 Å². The van der Waals surface area contributed by atoms with Crippen molar-refractivity contribution in [1.29, 1.82) is 0 Å². The smallest absolute Gasteiger partial charge is 0.0351 e. The highest BCUT2D eigenvalue weighted by Crippen LogP contribution is 2.09. The molecule has 0 saturated carbocycles. The van der Waals surface area contributed by atoms with Crippen LogP contribution in [0.3, 0.4) is 0 Å². The second-order valence-corrected chi connectivity index (χ2v) is 5.08. The quantitative estimate of drug-likeness (QED) is 0.254. The van der Waals surface area contributed by atoms with Gasteiger partial charge in [-0.3, -0.25) is 0 Å². The first-order valence-corrected chi connectivity index (χ1v) is 7.86. The number of unbranched alkanes of at least 4 members (excludes halogenated alkanes) is 11. The zero-order valence-corrected chi connectivity index (χ0v) is 12.1. The predicted octanol–water partition coefficient (Wildman–Crippen LogP) is 6.47. The van der Waals surface area contributed by atoms with Gasteiger partial charge in [0, 0.05) is 0 Å². The summed E-state index contributed by atoms with van der Waals surface area (Å²) in [5.74, 6) is 0. The molecule has 0 aliphatic heterocycles. The molecule has 0 aliphatic rings. The van der Waals surface area contributed by atoms with Crippen molar-refractivity contribution in [2.24, 2.45) is 0 Å². The average molecular weight is 237 g/mol.